The summed E-state index contributed by atoms with van der Waals surface area (Å²) in [7, 11) is 1.61. The molecule has 2 aliphatic rings. The number of fused-ring (bicyclic) bond motifs is 1. The summed E-state index contributed by atoms with van der Waals surface area (Å²) in [5.74, 6) is 0.609. The van der Waals surface area contributed by atoms with E-state index >= 15 is 0 Å². The number of carbonyl (C=O) groups is 3. The summed E-state index contributed by atoms with van der Waals surface area (Å²) in [6.07, 6.45) is -0.0290. The predicted octanol–water partition coefficient (Wildman–Crippen LogP) is 0.643. The monoisotopic (exact) mass is 361 g/mol. The molecule has 26 heavy (non-hydrogen) atoms. The molecule has 0 saturated carbocycles. The lowest BCUT2D eigenvalue weighted by Gasteiger charge is -2.22. The third-order valence-electron chi connectivity index (χ3n) is 4.60. The highest BCUT2D eigenvalue weighted by molar-refractivity contribution is 5.85. The van der Waals surface area contributed by atoms with Crippen molar-refractivity contribution in [1.82, 2.24) is 26.2 Å². The summed E-state index contributed by atoms with van der Waals surface area (Å²) in [6, 6.07) is 6.81. The van der Waals surface area contributed by atoms with Gasteiger partial charge in [-0.1, -0.05) is 19.1 Å². The number of amides is 5. The van der Waals surface area contributed by atoms with Crippen LogP contribution in [0.1, 0.15) is 31.4 Å². The molecule has 1 aromatic rings. The van der Waals surface area contributed by atoms with E-state index < -0.39 is 12.3 Å². The van der Waals surface area contributed by atoms with Crippen molar-refractivity contribution in [3.63, 3.8) is 0 Å². The molecule has 2 saturated heterocycles. The quantitative estimate of drug-likeness (QED) is 0.571. The Morgan fingerprint density at radius 1 is 1.23 bits per heavy atom. The molecule has 0 unspecified atom stereocenters. The molecule has 2 heterocycles. The van der Waals surface area contributed by atoms with E-state index in [1.165, 1.54) is 4.90 Å². The molecule has 3 atom stereocenters. The second kappa shape index (κ2) is 7.51. The van der Waals surface area contributed by atoms with Crippen LogP contribution < -0.4 is 26.0 Å². The first kappa shape index (κ1) is 17.8. The standard InChI is InChI=1S/C17H23N5O4/c1-3-12(10-4-6-11(26-2)7-5-10)18-13(23)8-9-22-15-14(20-17(22)25)19-16(24)21-15/h4-7,12,14-15H,3,8-9H2,1-2H3,(H,18,23)(H,20,25)(H2,19,21,24)/t12-,14+,15+/m0/s1. The number of rotatable bonds is 7. The van der Waals surface area contributed by atoms with Gasteiger partial charge in [0, 0.05) is 13.0 Å². The first-order chi connectivity index (χ1) is 12.5. The number of methoxy groups -OCH3 is 1. The van der Waals surface area contributed by atoms with Crippen molar-refractivity contribution < 1.29 is 19.1 Å². The Hall–Kier alpha value is -2.97. The molecule has 0 radical (unpaired) electrons. The highest BCUT2D eigenvalue weighted by atomic mass is 16.5. The van der Waals surface area contributed by atoms with Gasteiger partial charge in [-0.3, -0.25) is 9.69 Å². The van der Waals surface area contributed by atoms with Crippen LogP contribution in [-0.4, -0.2) is 48.9 Å². The van der Waals surface area contributed by atoms with Crippen LogP contribution in [-0.2, 0) is 4.79 Å². The lowest BCUT2D eigenvalue weighted by Crippen LogP contribution is -2.45. The van der Waals surface area contributed by atoms with Gasteiger partial charge >= 0.3 is 12.1 Å². The van der Waals surface area contributed by atoms with Gasteiger partial charge in [0.05, 0.1) is 13.2 Å². The SMILES string of the molecule is CC[C@H](NC(=O)CCN1C(=O)N[C@H]2NC(=O)N[C@@H]21)c1ccc(OC)cc1. The molecule has 5 amide bonds. The summed E-state index contributed by atoms with van der Waals surface area (Å²) in [4.78, 5) is 37.1. The van der Waals surface area contributed by atoms with Crippen LogP contribution in [0.15, 0.2) is 24.3 Å². The fourth-order valence-corrected chi connectivity index (χ4v) is 3.18. The summed E-state index contributed by atoms with van der Waals surface area (Å²) >= 11 is 0. The number of hydrogen-bond donors (Lipinski definition) is 4. The van der Waals surface area contributed by atoms with Crippen molar-refractivity contribution in [2.45, 2.75) is 38.1 Å². The van der Waals surface area contributed by atoms with E-state index in [1.54, 1.807) is 7.11 Å². The zero-order valence-electron chi connectivity index (χ0n) is 14.7. The maximum atomic E-state index is 12.3. The van der Waals surface area contributed by atoms with Gasteiger partial charge in [0.15, 0.2) is 0 Å². The number of nitrogens with one attached hydrogen (secondary N) is 4. The van der Waals surface area contributed by atoms with Gasteiger partial charge in [0.2, 0.25) is 5.91 Å². The van der Waals surface area contributed by atoms with Gasteiger partial charge in [-0.15, -0.1) is 0 Å². The summed E-state index contributed by atoms with van der Waals surface area (Å²) in [6.45, 7) is 2.22. The molecule has 3 rings (SSSR count). The minimum atomic E-state index is -0.466. The van der Waals surface area contributed by atoms with Gasteiger partial charge in [0.25, 0.3) is 0 Å². The van der Waals surface area contributed by atoms with E-state index in [0.717, 1.165) is 17.7 Å². The van der Waals surface area contributed by atoms with Crippen LogP contribution in [0.25, 0.3) is 0 Å². The van der Waals surface area contributed by atoms with Crippen molar-refractivity contribution in [2.24, 2.45) is 0 Å². The van der Waals surface area contributed by atoms with E-state index in [1.807, 2.05) is 31.2 Å². The third kappa shape index (κ3) is 3.66. The zero-order chi connectivity index (χ0) is 18.7. The lowest BCUT2D eigenvalue weighted by atomic mass is 10.0. The normalized spacial score (nSPS) is 22.2. The smallest absolute Gasteiger partial charge is 0.320 e. The van der Waals surface area contributed by atoms with Crippen LogP contribution in [0, 0.1) is 0 Å². The topological polar surface area (TPSA) is 112 Å². The number of urea groups is 2. The largest absolute Gasteiger partial charge is 0.497 e. The summed E-state index contributed by atoms with van der Waals surface area (Å²) in [5.41, 5.74) is 0.993. The minimum absolute atomic E-state index is 0.110. The van der Waals surface area contributed by atoms with Crippen LogP contribution in [0.4, 0.5) is 9.59 Å². The minimum Gasteiger partial charge on any atom is -0.497 e. The molecule has 9 nitrogen and oxygen atoms in total. The second-order valence-corrected chi connectivity index (χ2v) is 6.23. The highest BCUT2D eigenvalue weighted by Gasteiger charge is 2.45. The van der Waals surface area contributed by atoms with Crippen molar-refractivity contribution in [1.29, 1.82) is 0 Å². The van der Waals surface area contributed by atoms with Crippen LogP contribution in [0.3, 0.4) is 0 Å². The molecule has 4 N–H and O–H groups in total. The van der Waals surface area contributed by atoms with E-state index in [9.17, 15) is 14.4 Å². The Kier molecular flexibility index (Phi) is 5.15. The first-order valence-corrected chi connectivity index (χ1v) is 8.59. The number of hydrogen-bond acceptors (Lipinski definition) is 4. The van der Waals surface area contributed by atoms with E-state index in [4.69, 9.17) is 4.74 Å². The molecular formula is C17H23N5O4. The predicted molar refractivity (Wildman–Crippen MR) is 93.3 cm³/mol. The molecule has 1 aromatic carbocycles. The van der Waals surface area contributed by atoms with Gasteiger partial charge in [0.1, 0.15) is 18.1 Å². The second-order valence-electron chi connectivity index (χ2n) is 6.23. The number of ether oxygens (including phenoxy) is 1. The summed E-state index contributed by atoms with van der Waals surface area (Å²) < 4.78 is 5.15. The van der Waals surface area contributed by atoms with Gasteiger partial charge in [-0.05, 0) is 24.1 Å². The Bertz CT molecular complexity index is 693. The van der Waals surface area contributed by atoms with Gasteiger partial charge in [-0.2, -0.15) is 0 Å². The molecule has 0 spiro atoms. The van der Waals surface area contributed by atoms with E-state index in [0.29, 0.717) is 0 Å². The molecular weight excluding hydrogens is 338 g/mol. The zero-order valence-corrected chi connectivity index (χ0v) is 14.7. The van der Waals surface area contributed by atoms with Gasteiger partial charge in [-0.25, -0.2) is 9.59 Å². The van der Waals surface area contributed by atoms with Crippen molar-refractivity contribution in [3.05, 3.63) is 29.8 Å². The highest BCUT2D eigenvalue weighted by Crippen LogP contribution is 2.20. The Labute approximate surface area is 151 Å². The number of benzene rings is 1. The maximum absolute atomic E-state index is 12.3. The van der Waals surface area contributed by atoms with E-state index in [2.05, 4.69) is 21.3 Å². The Balaban J connectivity index is 1.54. The van der Waals surface area contributed by atoms with E-state index in [-0.39, 0.29) is 37.0 Å². The number of nitrogens with zero attached hydrogens (tertiary/aromatic N) is 1. The maximum Gasteiger partial charge on any atom is 0.320 e. The molecule has 0 aromatic heterocycles. The first-order valence-electron chi connectivity index (χ1n) is 8.59. The lowest BCUT2D eigenvalue weighted by molar-refractivity contribution is -0.122. The number of carbonyl (C=O) groups excluding carboxylic acids is 3. The van der Waals surface area contributed by atoms with Crippen molar-refractivity contribution >= 4 is 18.0 Å². The Morgan fingerprint density at radius 3 is 2.62 bits per heavy atom. The van der Waals surface area contributed by atoms with Crippen LogP contribution in [0.2, 0.25) is 0 Å². The average Bonchev–Trinajstić information content (AvgIpc) is 3.12. The fourth-order valence-electron chi connectivity index (χ4n) is 3.18. The average molecular weight is 361 g/mol. The van der Waals surface area contributed by atoms with Crippen LogP contribution >= 0.6 is 0 Å². The molecule has 0 bridgehead atoms. The summed E-state index contributed by atoms with van der Waals surface area (Å²) in [5, 5.41) is 10.9. The molecule has 140 valence electrons. The molecule has 2 aliphatic heterocycles. The van der Waals surface area contributed by atoms with Crippen molar-refractivity contribution in [3.8, 4) is 5.75 Å². The molecule has 0 aliphatic carbocycles. The molecule has 9 heteroatoms. The molecule has 2 fully saturated rings. The van der Waals surface area contributed by atoms with Crippen LogP contribution in [0.5, 0.6) is 5.75 Å². The van der Waals surface area contributed by atoms with Crippen molar-refractivity contribution in [2.75, 3.05) is 13.7 Å². The third-order valence-corrected chi connectivity index (χ3v) is 4.60. The van der Waals surface area contributed by atoms with Gasteiger partial charge < -0.3 is 26.0 Å². The fraction of sp³-hybridized carbons (Fsp3) is 0.471. The Morgan fingerprint density at radius 2 is 1.96 bits per heavy atom.